The molecule has 2 aromatic carbocycles. The zero-order valence-corrected chi connectivity index (χ0v) is 17.2. The zero-order chi connectivity index (χ0) is 22.6. The molecule has 9 heteroatoms. The lowest BCUT2D eigenvalue weighted by Gasteiger charge is -2.20. The van der Waals surface area contributed by atoms with E-state index in [0.29, 0.717) is 5.69 Å². The molecule has 3 rings (SSSR count). The van der Waals surface area contributed by atoms with Crippen LogP contribution in [0.4, 0.5) is 32.1 Å². The number of nitro groups is 1. The van der Waals surface area contributed by atoms with Gasteiger partial charge in [0.2, 0.25) is 5.82 Å². The minimum absolute atomic E-state index is 0.0291. The summed E-state index contributed by atoms with van der Waals surface area (Å²) in [6.07, 6.45) is -0.792. The Bertz CT molecular complexity index is 1110. The van der Waals surface area contributed by atoms with Crippen molar-refractivity contribution in [2.45, 2.75) is 26.4 Å². The van der Waals surface area contributed by atoms with E-state index in [0.717, 1.165) is 11.6 Å². The first-order valence-electron chi connectivity index (χ1n) is 9.40. The van der Waals surface area contributed by atoms with Crippen molar-refractivity contribution >= 4 is 29.0 Å². The highest BCUT2D eigenvalue weighted by Crippen LogP contribution is 2.30. The van der Waals surface area contributed by atoms with Crippen LogP contribution in [-0.4, -0.2) is 21.6 Å². The molecule has 0 unspecified atom stereocenters. The molecule has 0 saturated carbocycles. The number of ether oxygens (including phenoxy) is 1. The second-order valence-corrected chi connectivity index (χ2v) is 7.63. The number of halogens is 1. The van der Waals surface area contributed by atoms with Gasteiger partial charge in [0.15, 0.2) is 0 Å². The number of benzene rings is 2. The molecule has 31 heavy (non-hydrogen) atoms. The van der Waals surface area contributed by atoms with Crippen LogP contribution in [0.25, 0.3) is 11.3 Å². The van der Waals surface area contributed by atoms with Crippen LogP contribution in [0, 0.1) is 15.9 Å². The van der Waals surface area contributed by atoms with E-state index >= 15 is 0 Å². The van der Waals surface area contributed by atoms with Gasteiger partial charge in [-0.25, -0.2) is 14.2 Å². The van der Waals surface area contributed by atoms with Gasteiger partial charge in [-0.3, -0.25) is 15.4 Å². The third-order valence-electron chi connectivity index (χ3n) is 4.01. The van der Waals surface area contributed by atoms with Crippen LogP contribution >= 0.6 is 0 Å². The molecule has 0 aliphatic heterocycles. The van der Waals surface area contributed by atoms with Crippen molar-refractivity contribution in [1.29, 1.82) is 0 Å². The normalized spacial score (nSPS) is 11.0. The summed E-state index contributed by atoms with van der Waals surface area (Å²) in [5.41, 5.74) is 0.474. The molecule has 0 saturated heterocycles. The van der Waals surface area contributed by atoms with Crippen LogP contribution in [0.2, 0.25) is 0 Å². The highest BCUT2D eigenvalue weighted by Gasteiger charge is 2.19. The summed E-state index contributed by atoms with van der Waals surface area (Å²) >= 11 is 0. The fourth-order valence-corrected chi connectivity index (χ4v) is 2.71. The van der Waals surface area contributed by atoms with Crippen molar-refractivity contribution in [3.8, 4) is 11.3 Å². The second kappa shape index (κ2) is 8.78. The van der Waals surface area contributed by atoms with Crippen LogP contribution in [0.15, 0.2) is 60.7 Å². The number of aromatic nitrogens is 1. The fourth-order valence-electron chi connectivity index (χ4n) is 2.71. The summed E-state index contributed by atoms with van der Waals surface area (Å²) in [6.45, 7) is 5.08. The maximum absolute atomic E-state index is 14.5. The van der Waals surface area contributed by atoms with Crippen molar-refractivity contribution in [2.75, 3.05) is 10.6 Å². The number of hydrogen-bond donors (Lipinski definition) is 2. The van der Waals surface area contributed by atoms with Crippen LogP contribution in [0.5, 0.6) is 0 Å². The number of nitrogens with one attached hydrogen (secondary N) is 2. The molecule has 0 aliphatic rings. The largest absolute Gasteiger partial charge is 0.444 e. The third-order valence-corrected chi connectivity index (χ3v) is 4.01. The average Bonchev–Trinajstić information content (AvgIpc) is 2.69. The average molecular weight is 424 g/mol. The van der Waals surface area contributed by atoms with Gasteiger partial charge >= 0.3 is 11.8 Å². The van der Waals surface area contributed by atoms with E-state index in [-0.39, 0.29) is 22.9 Å². The molecule has 8 nitrogen and oxygen atoms in total. The minimum Gasteiger partial charge on any atom is -0.444 e. The molecule has 1 aromatic heterocycles. The lowest BCUT2D eigenvalue weighted by Crippen LogP contribution is -2.27. The Labute approximate surface area is 178 Å². The van der Waals surface area contributed by atoms with E-state index in [2.05, 4.69) is 15.6 Å². The van der Waals surface area contributed by atoms with Gasteiger partial charge in [0.1, 0.15) is 11.4 Å². The van der Waals surface area contributed by atoms with Crippen LogP contribution in [-0.2, 0) is 4.74 Å². The number of carbonyl (C=O) groups is 1. The first-order valence-corrected chi connectivity index (χ1v) is 9.40. The molecular formula is C22H21FN4O4. The number of carbonyl (C=O) groups excluding carboxylic acids is 1. The summed E-state index contributed by atoms with van der Waals surface area (Å²) in [5, 5.41) is 16.5. The summed E-state index contributed by atoms with van der Waals surface area (Å²) in [7, 11) is 0. The van der Waals surface area contributed by atoms with Gasteiger partial charge in [0.05, 0.1) is 16.3 Å². The molecule has 1 amide bonds. The Balaban J connectivity index is 1.85. The van der Waals surface area contributed by atoms with Gasteiger partial charge in [-0.2, -0.15) is 0 Å². The number of rotatable bonds is 5. The van der Waals surface area contributed by atoms with Gasteiger partial charge in [-0.1, -0.05) is 30.3 Å². The molecule has 0 atom stereocenters. The van der Waals surface area contributed by atoms with E-state index < -0.39 is 22.4 Å². The van der Waals surface area contributed by atoms with E-state index in [9.17, 15) is 19.3 Å². The first-order chi connectivity index (χ1) is 14.6. The minimum atomic E-state index is -0.792. The van der Waals surface area contributed by atoms with E-state index in [1.165, 1.54) is 18.2 Å². The quantitative estimate of drug-likeness (QED) is 0.391. The topological polar surface area (TPSA) is 106 Å². The van der Waals surface area contributed by atoms with Gasteiger partial charge in [0, 0.05) is 17.3 Å². The predicted octanol–water partition coefficient (Wildman–Crippen LogP) is 5.89. The maximum Gasteiger partial charge on any atom is 0.412 e. The number of anilines is 3. The SMILES string of the molecule is CC(C)(C)OC(=O)Nc1ccc(Nc2nc(-c3ccccc3)ccc2[N+](=O)[O-])cc1F. The Morgan fingerprint density at radius 2 is 1.81 bits per heavy atom. The smallest absolute Gasteiger partial charge is 0.412 e. The molecule has 2 N–H and O–H groups in total. The van der Waals surface area contributed by atoms with Crippen molar-refractivity contribution in [3.63, 3.8) is 0 Å². The lowest BCUT2D eigenvalue weighted by atomic mass is 10.1. The molecular weight excluding hydrogens is 403 g/mol. The number of pyridine rings is 1. The molecule has 0 bridgehead atoms. The Morgan fingerprint density at radius 1 is 1.10 bits per heavy atom. The molecule has 0 aliphatic carbocycles. The summed E-state index contributed by atoms with van der Waals surface area (Å²) in [6, 6.07) is 16.0. The van der Waals surface area contributed by atoms with Crippen molar-refractivity contribution in [1.82, 2.24) is 4.98 Å². The highest BCUT2D eigenvalue weighted by molar-refractivity contribution is 5.85. The zero-order valence-electron chi connectivity index (χ0n) is 17.2. The Kier molecular flexibility index (Phi) is 6.15. The number of amides is 1. The molecule has 160 valence electrons. The number of hydrogen-bond acceptors (Lipinski definition) is 6. The summed E-state index contributed by atoms with van der Waals surface area (Å²) in [5.74, 6) is -0.767. The fraction of sp³-hybridized carbons (Fsp3) is 0.182. The first kappa shape index (κ1) is 21.7. The second-order valence-electron chi connectivity index (χ2n) is 7.63. The van der Waals surface area contributed by atoms with Gasteiger partial charge in [-0.15, -0.1) is 0 Å². The summed E-state index contributed by atoms with van der Waals surface area (Å²) in [4.78, 5) is 27.0. The highest BCUT2D eigenvalue weighted by atomic mass is 19.1. The maximum atomic E-state index is 14.5. The van der Waals surface area contributed by atoms with Crippen LogP contribution in [0.1, 0.15) is 20.8 Å². The standard InChI is InChI=1S/C22H21FN4O4/c1-22(2,3)31-21(28)26-18-10-9-15(13-16(18)23)24-20-19(27(29)30)12-11-17(25-20)14-7-5-4-6-8-14/h4-13H,1-3H3,(H,24,25)(H,26,28). The third kappa shape index (κ3) is 5.75. The van der Waals surface area contributed by atoms with Gasteiger partial charge < -0.3 is 10.1 Å². The van der Waals surface area contributed by atoms with E-state index in [1.54, 1.807) is 26.8 Å². The van der Waals surface area contributed by atoms with E-state index in [1.807, 2.05) is 30.3 Å². The van der Waals surface area contributed by atoms with Crippen molar-refractivity contribution in [3.05, 3.63) is 76.6 Å². The molecule has 3 aromatic rings. The predicted molar refractivity (Wildman–Crippen MR) is 116 cm³/mol. The summed E-state index contributed by atoms with van der Waals surface area (Å²) < 4.78 is 19.6. The molecule has 0 spiro atoms. The Morgan fingerprint density at radius 3 is 2.42 bits per heavy atom. The van der Waals surface area contributed by atoms with Crippen molar-refractivity contribution < 1.29 is 18.8 Å². The van der Waals surface area contributed by atoms with Crippen LogP contribution in [0.3, 0.4) is 0 Å². The Hall–Kier alpha value is -4.01. The van der Waals surface area contributed by atoms with E-state index in [4.69, 9.17) is 4.74 Å². The van der Waals surface area contributed by atoms with Crippen LogP contribution < -0.4 is 10.6 Å². The molecule has 0 radical (unpaired) electrons. The molecule has 1 heterocycles. The van der Waals surface area contributed by atoms with Crippen molar-refractivity contribution in [2.24, 2.45) is 0 Å². The monoisotopic (exact) mass is 424 g/mol. The van der Waals surface area contributed by atoms with Gasteiger partial charge in [-0.05, 0) is 45.0 Å². The number of nitrogens with zero attached hydrogens (tertiary/aromatic N) is 2. The lowest BCUT2D eigenvalue weighted by molar-refractivity contribution is -0.384. The molecule has 0 fully saturated rings. The van der Waals surface area contributed by atoms with Gasteiger partial charge in [0.25, 0.3) is 0 Å².